The molecule has 1 saturated carbocycles. The highest BCUT2D eigenvalue weighted by atomic mass is 32.1. The highest BCUT2D eigenvalue weighted by Gasteiger charge is 2.42. The number of carboxylic acid groups (broad SMARTS) is 1. The molecule has 0 bridgehead atoms. The molecule has 0 saturated heterocycles. The maximum atomic E-state index is 12.5. The summed E-state index contributed by atoms with van der Waals surface area (Å²) in [6.07, 6.45) is 7.23. The third kappa shape index (κ3) is 4.09. The third-order valence-electron chi connectivity index (χ3n) is 5.13. The van der Waals surface area contributed by atoms with E-state index < -0.39 is 11.5 Å². The van der Waals surface area contributed by atoms with Crippen LogP contribution < -0.4 is 5.32 Å². The van der Waals surface area contributed by atoms with Gasteiger partial charge in [-0.1, -0.05) is 13.3 Å². The number of hydrogen-bond donors (Lipinski definition) is 2. The van der Waals surface area contributed by atoms with Gasteiger partial charge in [0, 0.05) is 23.3 Å². The zero-order valence-corrected chi connectivity index (χ0v) is 15.6. The maximum Gasteiger partial charge on any atom is 0.329 e. The summed E-state index contributed by atoms with van der Waals surface area (Å²) in [6.45, 7) is 2.12. The minimum atomic E-state index is -1.13. The Kier molecular flexibility index (Phi) is 5.66. The van der Waals surface area contributed by atoms with Crippen LogP contribution in [0.1, 0.15) is 44.7 Å². The SMILES string of the molecule is CCC1CCC(NC(=O)Cc2csc(-c3cccnc3)n2)(C(=O)O)CC1. The number of nitrogens with zero attached hydrogens (tertiary/aromatic N) is 2. The van der Waals surface area contributed by atoms with E-state index in [4.69, 9.17) is 0 Å². The molecule has 138 valence electrons. The molecule has 2 aromatic rings. The molecule has 0 spiro atoms. The van der Waals surface area contributed by atoms with Crippen LogP contribution in [-0.2, 0) is 16.0 Å². The number of amides is 1. The number of nitrogens with one attached hydrogen (secondary N) is 1. The van der Waals surface area contributed by atoms with Crippen LogP contribution in [-0.4, -0.2) is 32.5 Å². The Morgan fingerprint density at radius 1 is 1.38 bits per heavy atom. The minimum absolute atomic E-state index is 0.0863. The van der Waals surface area contributed by atoms with Crippen molar-refractivity contribution >= 4 is 23.2 Å². The first-order valence-electron chi connectivity index (χ1n) is 8.91. The van der Waals surface area contributed by atoms with Gasteiger partial charge in [0.1, 0.15) is 10.5 Å². The van der Waals surface area contributed by atoms with E-state index in [1.807, 2.05) is 17.5 Å². The van der Waals surface area contributed by atoms with E-state index in [2.05, 4.69) is 22.2 Å². The number of rotatable bonds is 6. The molecular weight excluding hydrogens is 350 g/mol. The van der Waals surface area contributed by atoms with E-state index in [-0.39, 0.29) is 12.3 Å². The lowest BCUT2D eigenvalue weighted by molar-refractivity contribution is -0.149. The van der Waals surface area contributed by atoms with Crippen LogP contribution in [0.4, 0.5) is 0 Å². The van der Waals surface area contributed by atoms with Gasteiger partial charge in [0.15, 0.2) is 0 Å². The first-order chi connectivity index (χ1) is 12.5. The number of carbonyl (C=O) groups excluding carboxylic acids is 1. The zero-order valence-electron chi connectivity index (χ0n) is 14.8. The van der Waals surface area contributed by atoms with Crippen molar-refractivity contribution in [2.24, 2.45) is 5.92 Å². The second kappa shape index (κ2) is 7.95. The molecule has 0 aromatic carbocycles. The fourth-order valence-corrected chi connectivity index (χ4v) is 4.27. The predicted molar refractivity (Wildman–Crippen MR) is 99.8 cm³/mol. The number of aromatic nitrogens is 2. The summed E-state index contributed by atoms with van der Waals surface area (Å²) < 4.78 is 0. The smallest absolute Gasteiger partial charge is 0.329 e. The van der Waals surface area contributed by atoms with Crippen molar-refractivity contribution in [2.45, 2.75) is 51.0 Å². The second-order valence-electron chi connectivity index (χ2n) is 6.85. The van der Waals surface area contributed by atoms with Gasteiger partial charge in [0.2, 0.25) is 5.91 Å². The summed E-state index contributed by atoms with van der Waals surface area (Å²) in [6, 6.07) is 3.76. The molecule has 0 atom stereocenters. The van der Waals surface area contributed by atoms with Gasteiger partial charge >= 0.3 is 5.97 Å². The number of hydrogen-bond acceptors (Lipinski definition) is 5. The second-order valence-corrected chi connectivity index (χ2v) is 7.71. The van der Waals surface area contributed by atoms with Crippen LogP contribution in [0.5, 0.6) is 0 Å². The van der Waals surface area contributed by atoms with Crippen molar-refractivity contribution in [3.63, 3.8) is 0 Å². The first kappa shape index (κ1) is 18.5. The van der Waals surface area contributed by atoms with E-state index in [9.17, 15) is 14.7 Å². The number of carboxylic acids is 1. The molecule has 1 aliphatic carbocycles. The lowest BCUT2D eigenvalue weighted by Gasteiger charge is -2.37. The van der Waals surface area contributed by atoms with Gasteiger partial charge in [-0.15, -0.1) is 11.3 Å². The normalized spacial score (nSPS) is 22.7. The maximum absolute atomic E-state index is 12.5. The Hall–Kier alpha value is -2.28. The van der Waals surface area contributed by atoms with E-state index in [1.165, 1.54) is 11.3 Å². The van der Waals surface area contributed by atoms with Crippen LogP contribution >= 0.6 is 11.3 Å². The van der Waals surface area contributed by atoms with Gasteiger partial charge in [-0.3, -0.25) is 9.78 Å². The van der Waals surface area contributed by atoms with Crippen molar-refractivity contribution < 1.29 is 14.7 Å². The van der Waals surface area contributed by atoms with E-state index >= 15 is 0 Å². The Balaban J connectivity index is 1.64. The van der Waals surface area contributed by atoms with Crippen molar-refractivity contribution in [1.82, 2.24) is 15.3 Å². The molecule has 6 nitrogen and oxygen atoms in total. The molecule has 0 aliphatic heterocycles. The van der Waals surface area contributed by atoms with E-state index in [0.29, 0.717) is 24.5 Å². The predicted octanol–water partition coefficient (Wildman–Crippen LogP) is 3.29. The Morgan fingerprint density at radius 3 is 2.77 bits per heavy atom. The first-order valence-corrected chi connectivity index (χ1v) is 9.79. The topological polar surface area (TPSA) is 92.2 Å². The number of carbonyl (C=O) groups is 2. The average Bonchev–Trinajstić information content (AvgIpc) is 3.11. The van der Waals surface area contributed by atoms with Crippen molar-refractivity contribution in [3.8, 4) is 10.6 Å². The number of aliphatic carboxylic acids is 1. The van der Waals surface area contributed by atoms with Gasteiger partial charge in [0.05, 0.1) is 12.1 Å². The van der Waals surface area contributed by atoms with Crippen LogP contribution in [0.3, 0.4) is 0 Å². The monoisotopic (exact) mass is 373 g/mol. The molecule has 3 rings (SSSR count). The number of thiazole rings is 1. The molecular formula is C19H23N3O3S. The minimum Gasteiger partial charge on any atom is -0.480 e. The zero-order chi connectivity index (χ0) is 18.6. The van der Waals surface area contributed by atoms with Gasteiger partial charge < -0.3 is 10.4 Å². The van der Waals surface area contributed by atoms with Crippen LogP contribution in [0.25, 0.3) is 10.6 Å². The molecule has 0 radical (unpaired) electrons. The fraction of sp³-hybridized carbons (Fsp3) is 0.474. The van der Waals surface area contributed by atoms with Crippen molar-refractivity contribution in [3.05, 3.63) is 35.6 Å². The molecule has 1 fully saturated rings. The van der Waals surface area contributed by atoms with E-state index in [1.54, 1.807) is 12.4 Å². The molecule has 2 heterocycles. The largest absolute Gasteiger partial charge is 0.480 e. The summed E-state index contributed by atoms with van der Waals surface area (Å²) in [7, 11) is 0. The number of pyridine rings is 1. The van der Waals surface area contributed by atoms with Crippen LogP contribution in [0.2, 0.25) is 0 Å². The lowest BCUT2D eigenvalue weighted by Crippen LogP contribution is -2.56. The molecule has 2 aromatic heterocycles. The van der Waals surface area contributed by atoms with Crippen LogP contribution in [0.15, 0.2) is 29.9 Å². The fourth-order valence-electron chi connectivity index (χ4n) is 3.46. The molecule has 7 heteroatoms. The Labute approximate surface area is 156 Å². The lowest BCUT2D eigenvalue weighted by atomic mass is 9.75. The summed E-state index contributed by atoms with van der Waals surface area (Å²) in [5, 5.41) is 15.1. The Morgan fingerprint density at radius 2 is 2.15 bits per heavy atom. The summed E-state index contributed by atoms with van der Waals surface area (Å²) >= 11 is 1.45. The highest BCUT2D eigenvalue weighted by Crippen LogP contribution is 2.34. The molecule has 1 aliphatic rings. The molecule has 26 heavy (non-hydrogen) atoms. The third-order valence-corrected chi connectivity index (χ3v) is 6.07. The van der Waals surface area contributed by atoms with Crippen molar-refractivity contribution in [1.29, 1.82) is 0 Å². The summed E-state index contributed by atoms with van der Waals surface area (Å²) in [5.74, 6) is -0.667. The van der Waals surface area contributed by atoms with Crippen LogP contribution in [0, 0.1) is 5.92 Å². The van der Waals surface area contributed by atoms with E-state index in [0.717, 1.165) is 29.8 Å². The Bertz CT molecular complexity index is 767. The van der Waals surface area contributed by atoms with Gasteiger partial charge in [-0.05, 0) is 43.7 Å². The molecule has 0 unspecified atom stereocenters. The summed E-state index contributed by atoms with van der Waals surface area (Å²) in [4.78, 5) is 32.8. The summed E-state index contributed by atoms with van der Waals surface area (Å²) in [5.41, 5.74) is 0.420. The van der Waals surface area contributed by atoms with Gasteiger partial charge in [0.25, 0.3) is 0 Å². The highest BCUT2D eigenvalue weighted by molar-refractivity contribution is 7.13. The quantitative estimate of drug-likeness (QED) is 0.811. The molecule has 1 amide bonds. The average molecular weight is 373 g/mol. The van der Waals surface area contributed by atoms with Gasteiger partial charge in [-0.2, -0.15) is 0 Å². The standard InChI is InChI=1S/C19H23N3O3S/c1-2-13-5-7-19(8-6-13,18(24)25)22-16(23)10-15-12-26-17(21-15)14-4-3-9-20-11-14/h3-4,9,11-13H,2,5-8,10H2,1H3,(H,22,23)(H,24,25). The molecule has 2 N–H and O–H groups in total. The van der Waals surface area contributed by atoms with Crippen molar-refractivity contribution in [2.75, 3.05) is 0 Å². The van der Waals surface area contributed by atoms with Gasteiger partial charge in [-0.25, -0.2) is 9.78 Å².